The number of nitrogens with zero attached hydrogens (tertiary/aromatic N) is 3. The molecule has 0 bridgehead atoms. The molecule has 18 heavy (non-hydrogen) atoms. The van der Waals surface area contributed by atoms with Gasteiger partial charge in [-0.05, 0) is 31.5 Å². The van der Waals surface area contributed by atoms with Crippen LogP contribution in [0.2, 0.25) is 0 Å². The number of aromatic nitrogens is 3. The maximum Gasteiger partial charge on any atom is 0.139 e. The fourth-order valence-electron chi connectivity index (χ4n) is 1.72. The Hall–Kier alpha value is -1.69. The van der Waals surface area contributed by atoms with Gasteiger partial charge in [-0.2, -0.15) is 5.10 Å². The van der Waals surface area contributed by atoms with Crippen molar-refractivity contribution in [3.8, 4) is 0 Å². The molecular formula is C12H16N4OS. The molecule has 0 fully saturated rings. The molecule has 5 nitrogen and oxygen atoms in total. The maximum atomic E-state index is 12.3. The summed E-state index contributed by atoms with van der Waals surface area (Å²) in [4.78, 5) is 4.90. The van der Waals surface area contributed by atoms with Crippen molar-refractivity contribution in [2.75, 3.05) is 5.73 Å². The van der Waals surface area contributed by atoms with Crippen molar-refractivity contribution in [3.63, 3.8) is 0 Å². The van der Waals surface area contributed by atoms with Crippen molar-refractivity contribution >= 4 is 16.5 Å². The molecule has 0 aliphatic heterocycles. The highest BCUT2D eigenvalue weighted by molar-refractivity contribution is 7.84. The number of nitrogen functional groups attached to an aromatic ring is 1. The number of nitrogens with two attached hydrogens (primary N) is 1. The van der Waals surface area contributed by atoms with Crippen molar-refractivity contribution in [1.82, 2.24) is 14.8 Å². The first-order valence-electron chi connectivity index (χ1n) is 5.73. The van der Waals surface area contributed by atoms with Crippen LogP contribution in [0.5, 0.6) is 0 Å². The molecule has 0 aliphatic rings. The zero-order valence-corrected chi connectivity index (χ0v) is 11.3. The minimum atomic E-state index is -1.15. The first-order valence-corrected chi connectivity index (χ1v) is 7.05. The van der Waals surface area contributed by atoms with Crippen LogP contribution in [-0.2, 0) is 23.1 Å². The number of hydrogen-bond acceptors (Lipinski definition) is 4. The lowest BCUT2D eigenvalue weighted by Crippen LogP contribution is -2.08. The fraction of sp³-hybridized carbons (Fsp3) is 0.333. The molecule has 6 heteroatoms. The lowest BCUT2D eigenvalue weighted by Gasteiger charge is -2.07. The zero-order valence-electron chi connectivity index (χ0n) is 10.5. The van der Waals surface area contributed by atoms with Gasteiger partial charge in [0.05, 0.1) is 16.6 Å². The topological polar surface area (TPSA) is 73.8 Å². The molecule has 96 valence electrons. The largest absolute Gasteiger partial charge is 0.399 e. The van der Waals surface area contributed by atoms with Gasteiger partial charge in [0.2, 0.25) is 0 Å². The Morgan fingerprint density at radius 3 is 2.94 bits per heavy atom. The van der Waals surface area contributed by atoms with E-state index in [0.717, 1.165) is 22.8 Å². The second-order valence-electron chi connectivity index (χ2n) is 4.01. The Labute approximate surface area is 108 Å². The quantitative estimate of drug-likeness (QED) is 0.849. The number of aryl methyl sites for hydroxylation is 2. The number of benzene rings is 1. The maximum absolute atomic E-state index is 12.3. The molecule has 2 rings (SSSR count). The predicted octanol–water partition coefficient (Wildman–Crippen LogP) is 1.50. The first kappa shape index (κ1) is 12.8. The highest BCUT2D eigenvalue weighted by Crippen LogP contribution is 2.18. The van der Waals surface area contributed by atoms with Crippen LogP contribution in [0.25, 0.3) is 0 Å². The van der Waals surface area contributed by atoms with E-state index in [4.69, 9.17) is 5.73 Å². The minimum absolute atomic E-state index is 0.359. The van der Waals surface area contributed by atoms with Crippen LogP contribution >= 0.6 is 0 Å². The summed E-state index contributed by atoms with van der Waals surface area (Å²) in [6.07, 6.45) is 1.49. The summed E-state index contributed by atoms with van der Waals surface area (Å²) in [5, 5.41) is 4.07. The molecule has 2 aromatic rings. The lowest BCUT2D eigenvalue weighted by atomic mass is 10.2. The normalized spacial score (nSPS) is 12.6. The van der Waals surface area contributed by atoms with E-state index >= 15 is 0 Å². The van der Waals surface area contributed by atoms with Crippen LogP contribution in [0, 0.1) is 6.92 Å². The number of hydrogen-bond donors (Lipinski definition) is 1. The van der Waals surface area contributed by atoms with E-state index in [-0.39, 0.29) is 0 Å². The second kappa shape index (κ2) is 5.30. The van der Waals surface area contributed by atoms with Crippen LogP contribution in [0.15, 0.2) is 29.4 Å². The standard InChI is InChI=1S/C12H16N4OS/c1-3-16-12(14-8-15-16)7-18(17)11-6-10(13)5-4-9(11)2/h4-6,8H,3,7,13H2,1-2H3. The molecule has 0 aliphatic carbocycles. The summed E-state index contributed by atoms with van der Waals surface area (Å²) < 4.78 is 14.1. The van der Waals surface area contributed by atoms with E-state index < -0.39 is 10.8 Å². The van der Waals surface area contributed by atoms with Crippen molar-refractivity contribution in [2.45, 2.75) is 31.0 Å². The Kier molecular flexibility index (Phi) is 3.76. The van der Waals surface area contributed by atoms with Crippen molar-refractivity contribution in [1.29, 1.82) is 0 Å². The van der Waals surface area contributed by atoms with Crippen molar-refractivity contribution in [3.05, 3.63) is 35.9 Å². The highest BCUT2D eigenvalue weighted by Gasteiger charge is 2.12. The van der Waals surface area contributed by atoms with E-state index in [9.17, 15) is 4.21 Å². The van der Waals surface area contributed by atoms with Crippen LogP contribution < -0.4 is 5.73 Å². The van der Waals surface area contributed by atoms with E-state index in [1.165, 1.54) is 6.33 Å². The molecule has 1 heterocycles. The van der Waals surface area contributed by atoms with Gasteiger partial charge in [-0.15, -0.1) is 0 Å². The molecule has 1 aromatic carbocycles. The number of rotatable bonds is 4. The third kappa shape index (κ3) is 2.59. The summed E-state index contributed by atoms with van der Waals surface area (Å²) in [5.41, 5.74) is 7.33. The van der Waals surface area contributed by atoms with Gasteiger partial charge in [0.15, 0.2) is 0 Å². The van der Waals surface area contributed by atoms with Gasteiger partial charge in [-0.25, -0.2) is 9.67 Å². The van der Waals surface area contributed by atoms with Gasteiger partial charge in [-0.3, -0.25) is 4.21 Å². The molecule has 1 unspecified atom stereocenters. The Morgan fingerprint density at radius 2 is 2.22 bits per heavy atom. The molecule has 0 amide bonds. The fourth-order valence-corrected chi connectivity index (χ4v) is 3.03. The molecule has 1 atom stereocenters. The van der Waals surface area contributed by atoms with E-state index in [1.807, 2.05) is 26.0 Å². The van der Waals surface area contributed by atoms with Gasteiger partial charge in [0.1, 0.15) is 12.2 Å². The van der Waals surface area contributed by atoms with Crippen LogP contribution in [-0.4, -0.2) is 19.0 Å². The Morgan fingerprint density at radius 1 is 1.44 bits per heavy atom. The summed E-state index contributed by atoms with van der Waals surface area (Å²) >= 11 is 0. The Balaban J connectivity index is 2.25. The average Bonchev–Trinajstić information content (AvgIpc) is 2.79. The predicted molar refractivity (Wildman–Crippen MR) is 71.4 cm³/mol. The van der Waals surface area contributed by atoms with Crippen LogP contribution in [0.1, 0.15) is 18.3 Å². The summed E-state index contributed by atoms with van der Waals surface area (Å²) in [6, 6.07) is 5.45. The summed E-state index contributed by atoms with van der Waals surface area (Å²) in [5.74, 6) is 1.09. The van der Waals surface area contributed by atoms with Crippen LogP contribution in [0.4, 0.5) is 5.69 Å². The molecule has 0 radical (unpaired) electrons. The van der Waals surface area contributed by atoms with Gasteiger partial charge in [0.25, 0.3) is 0 Å². The van der Waals surface area contributed by atoms with E-state index in [0.29, 0.717) is 11.4 Å². The van der Waals surface area contributed by atoms with Crippen molar-refractivity contribution < 1.29 is 4.21 Å². The van der Waals surface area contributed by atoms with Crippen LogP contribution in [0.3, 0.4) is 0 Å². The zero-order chi connectivity index (χ0) is 13.1. The van der Waals surface area contributed by atoms with Gasteiger partial charge in [-0.1, -0.05) is 6.07 Å². The molecule has 0 spiro atoms. The van der Waals surface area contributed by atoms with E-state index in [1.54, 1.807) is 10.7 Å². The number of anilines is 1. The molecule has 2 N–H and O–H groups in total. The highest BCUT2D eigenvalue weighted by atomic mass is 32.2. The smallest absolute Gasteiger partial charge is 0.139 e. The minimum Gasteiger partial charge on any atom is -0.399 e. The molecule has 1 aromatic heterocycles. The third-order valence-corrected chi connectivity index (χ3v) is 4.16. The van der Waals surface area contributed by atoms with E-state index in [2.05, 4.69) is 10.1 Å². The average molecular weight is 264 g/mol. The Bertz CT molecular complexity index is 579. The molecule has 0 saturated heterocycles. The first-order chi connectivity index (χ1) is 8.61. The third-order valence-electron chi connectivity index (χ3n) is 2.71. The van der Waals surface area contributed by atoms with Gasteiger partial charge >= 0.3 is 0 Å². The molecule has 0 saturated carbocycles. The van der Waals surface area contributed by atoms with Gasteiger partial charge in [0, 0.05) is 17.1 Å². The van der Waals surface area contributed by atoms with Crippen molar-refractivity contribution in [2.24, 2.45) is 0 Å². The van der Waals surface area contributed by atoms with Gasteiger partial charge < -0.3 is 5.73 Å². The molecular weight excluding hydrogens is 248 g/mol. The monoisotopic (exact) mass is 264 g/mol. The summed E-state index contributed by atoms with van der Waals surface area (Å²) in [7, 11) is -1.15. The second-order valence-corrected chi connectivity index (χ2v) is 5.43. The lowest BCUT2D eigenvalue weighted by molar-refractivity contribution is 0.627. The summed E-state index contributed by atoms with van der Waals surface area (Å²) in [6.45, 7) is 4.63. The SMILES string of the molecule is CCn1ncnc1CS(=O)c1cc(N)ccc1C.